The average molecular weight is 474 g/mol. The van der Waals surface area contributed by atoms with E-state index in [4.69, 9.17) is 0 Å². The molecule has 1 heteroatoms. The lowest BCUT2D eigenvalue weighted by atomic mass is 9.91. The van der Waals surface area contributed by atoms with E-state index >= 15 is 0 Å². The van der Waals surface area contributed by atoms with Crippen molar-refractivity contribution in [2.75, 3.05) is 4.90 Å². The molecule has 0 saturated heterocycles. The molecule has 0 aliphatic carbocycles. The van der Waals surface area contributed by atoms with E-state index in [1.807, 2.05) is 0 Å². The summed E-state index contributed by atoms with van der Waals surface area (Å²) in [5.74, 6) is 0. The minimum atomic E-state index is 1.13. The van der Waals surface area contributed by atoms with Gasteiger partial charge in [-0.2, -0.15) is 0 Å². The number of hydrogen-bond donors (Lipinski definition) is 0. The quantitative estimate of drug-likeness (QED) is 0.218. The van der Waals surface area contributed by atoms with Crippen LogP contribution in [0.2, 0.25) is 0 Å². The average Bonchev–Trinajstić information content (AvgIpc) is 2.98. The van der Waals surface area contributed by atoms with Crippen molar-refractivity contribution >= 4 is 39.5 Å². The van der Waals surface area contributed by atoms with Crippen molar-refractivity contribution in [2.24, 2.45) is 0 Å². The van der Waals surface area contributed by atoms with Crippen molar-refractivity contribution in [1.82, 2.24) is 0 Å². The maximum Gasteiger partial charge on any atom is 0.0462 e. The molecule has 37 heavy (non-hydrogen) atoms. The van der Waals surface area contributed by atoms with Crippen LogP contribution in [-0.2, 0) is 0 Å². The van der Waals surface area contributed by atoms with Gasteiger partial charge in [0.15, 0.2) is 0 Å². The molecule has 0 heterocycles. The lowest BCUT2D eigenvalue weighted by molar-refractivity contribution is 1.28. The number of para-hydroxylation sites is 2. The minimum absolute atomic E-state index is 1.13. The zero-order valence-electron chi connectivity index (χ0n) is 20.5. The van der Waals surface area contributed by atoms with Crippen LogP contribution >= 0.6 is 0 Å². The molecule has 0 radical (unpaired) electrons. The van der Waals surface area contributed by atoms with E-state index in [-0.39, 0.29) is 0 Å². The lowest BCUT2D eigenvalue weighted by Crippen LogP contribution is -2.09. The lowest BCUT2D eigenvalue weighted by Gasteiger charge is -2.25. The first kappa shape index (κ1) is 22.6. The van der Waals surface area contributed by atoms with E-state index in [0.717, 1.165) is 22.6 Å². The van der Waals surface area contributed by atoms with E-state index < -0.39 is 0 Å². The molecular weight excluding hydrogens is 446 g/mol. The summed E-state index contributed by atoms with van der Waals surface area (Å²) in [5, 5.41) is 2.51. The summed E-state index contributed by atoms with van der Waals surface area (Å²) in [4.78, 5) is 2.29. The highest BCUT2D eigenvalue weighted by Gasteiger charge is 2.13. The molecular formula is C36H27N. The highest BCUT2D eigenvalue weighted by molar-refractivity contribution is 6.02. The predicted octanol–water partition coefficient (Wildman–Crippen LogP) is 9.90. The fourth-order valence-corrected chi connectivity index (χ4v) is 4.88. The van der Waals surface area contributed by atoms with Gasteiger partial charge in [-0.1, -0.05) is 121 Å². The van der Waals surface area contributed by atoms with Crippen molar-refractivity contribution in [2.45, 2.75) is 0 Å². The number of rotatable bonds is 6. The second-order valence-electron chi connectivity index (χ2n) is 9.05. The molecule has 0 N–H and O–H groups in total. The molecule has 0 amide bonds. The van der Waals surface area contributed by atoms with Crippen molar-refractivity contribution in [3.63, 3.8) is 0 Å². The van der Waals surface area contributed by atoms with Crippen LogP contribution in [0.3, 0.4) is 0 Å². The van der Waals surface area contributed by atoms with E-state index in [1.165, 1.54) is 27.5 Å². The fraction of sp³-hybridized carbons (Fsp3) is 0. The standard InChI is InChI=1S/C36H27N/c1-4-13-30(14-5-1)36(35-22-12-16-29-15-10-11-21-34(29)35)27-28-23-25-33(26-24-28)37(31-17-6-2-7-18-31)32-19-8-3-9-20-32/h1-27H. The van der Waals surface area contributed by atoms with Gasteiger partial charge in [-0.25, -0.2) is 0 Å². The van der Waals surface area contributed by atoms with Gasteiger partial charge >= 0.3 is 0 Å². The first-order valence-electron chi connectivity index (χ1n) is 12.6. The van der Waals surface area contributed by atoms with Crippen LogP contribution in [0.4, 0.5) is 17.1 Å². The Labute approximate surface area is 218 Å². The van der Waals surface area contributed by atoms with Crippen LogP contribution in [0.5, 0.6) is 0 Å². The van der Waals surface area contributed by atoms with E-state index in [2.05, 4.69) is 169 Å². The van der Waals surface area contributed by atoms with Crippen LogP contribution in [0.15, 0.2) is 158 Å². The Kier molecular flexibility index (Phi) is 6.34. The molecule has 1 nitrogen and oxygen atoms in total. The molecule has 0 aliphatic rings. The molecule has 6 aromatic rings. The Morgan fingerprint density at radius 3 is 1.59 bits per heavy atom. The molecule has 0 fully saturated rings. The first-order valence-corrected chi connectivity index (χ1v) is 12.6. The molecule has 0 aromatic heterocycles. The third-order valence-corrected chi connectivity index (χ3v) is 6.66. The number of benzene rings is 6. The summed E-state index contributed by atoms with van der Waals surface area (Å²) >= 11 is 0. The maximum atomic E-state index is 2.30. The molecule has 0 bridgehead atoms. The summed E-state index contributed by atoms with van der Waals surface area (Å²) < 4.78 is 0. The van der Waals surface area contributed by atoms with Gasteiger partial charge in [-0.05, 0) is 75.5 Å². The van der Waals surface area contributed by atoms with Crippen molar-refractivity contribution in [3.05, 3.63) is 174 Å². The van der Waals surface area contributed by atoms with Gasteiger partial charge in [-0.15, -0.1) is 0 Å². The van der Waals surface area contributed by atoms with E-state index in [9.17, 15) is 0 Å². The van der Waals surface area contributed by atoms with Gasteiger partial charge in [0, 0.05) is 17.1 Å². The Bertz CT molecular complexity index is 1590. The largest absolute Gasteiger partial charge is 0.311 e. The third kappa shape index (κ3) is 4.80. The second-order valence-corrected chi connectivity index (χ2v) is 9.05. The van der Waals surface area contributed by atoms with Crippen LogP contribution < -0.4 is 4.90 Å². The zero-order chi connectivity index (χ0) is 24.9. The zero-order valence-corrected chi connectivity index (χ0v) is 20.5. The maximum absolute atomic E-state index is 2.30. The van der Waals surface area contributed by atoms with E-state index in [1.54, 1.807) is 0 Å². The van der Waals surface area contributed by atoms with Crippen molar-refractivity contribution in [3.8, 4) is 0 Å². The molecule has 0 atom stereocenters. The van der Waals surface area contributed by atoms with Gasteiger partial charge in [0.1, 0.15) is 0 Å². The van der Waals surface area contributed by atoms with Crippen LogP contribution in [0.1, 0.15) is 16.7 Å². The third-order valence-electron chi connectivity index (χ3n) is 6.66. The van der Waals surface area contributed by atoms with Crippen LogP contribution in [0, 0.1) is 0 Å². The van der Waals surface area contributed by atoms with Gasteiger partial charge in [-0.3, -0.25) is 0 Å². The SMILES string of the molecule is C(=C(c1ccccc1)c1cccc2ccccc12)c1ccc(N(c2ccccc2)c2ccccc2)cc1. The van der Waals surface area contributed by atoms with Gasteiger partial charge in [0.2, 0.25) is 0 Å². The summed E-state index contributed by atoms with van der Waals surface area (Å²) in [6.45, 7) is 0. The number of anilines is 3. The highest BCUT2D eigenvalue weighted by Crippen LogP contribution is 2.35. The fourth-order valence-electron chi connectivity index (χ4n) is 4.88. The summed E-state index contributed by atoms with van der Waals surface area (Å²) in [7, 11) is 0. The van der Waals surface area contributed by atoms with Crippen LogP contribution in [0.25, 0.3) is 22.4 Å². The monoisotopic (exact) mass is 473 g/mol. The van der Waals surface area contributed by atoms with Gasteiger partial charge < -0.3 is 4.90 Å². The molecule has 0 unspecified atom stereocenters. The van der Waals surface area contributed by atoms with Crippen molar-refractivity contribution in [1.29, 1.82) is 0 Å². The topological polar surface area (TPSA) is 3.24 Å². The van der Waals surface area contributed by atoms with E-state index in [0.29, 0.717) is 0 Å². The second kappa shape index (κ2) is 10.4. The molecule has 0 aliphatic heterocycles. The first-order chi connectivity index (χ1) is 18.4. The Morgan fingerprint density at radius 1 is 0.432 bits per heavy atom. The highest BCUT2D eigenvalue weighted by atomic mass is 15.1. The summed E-state index contributed by atoms with van der Waals surface area (Å²) in [5.41, 5.74) is 8.22. The van der Waals surface area contributed by atoms with Gasteiger partial charge in [0.05, 0.1) is 0 Å². The number of fused-ring (bicyclic) bond motifs is 1. The van der Waals surface area contributed by atoms with Crippen LogP contribution in [-0.4, -0.2) is 0 Å². The molecule has 176 valence electrons. The molecule has 0 spiro atoms. The smallest absolute Gasteiger partial charge is 0.0462 e. The summed E-state index contributed by atoms with van der Waals surface area (Å²) in [6, 6.07) is 55.7. The summed E-state index contributed by atoms with van der Waals surface area (Å²) in [6.07, 6.45) is 2.30. The number of nitrogens with zero attached hydrogens (tertiary/aromatic N) is 1. The van der Waals surface area contributed by atoms with Crippen molar-refractivity contribution < 1.29 is 0 Å². The minimum Gasteiger partial charge on any atom is -0.311 e. The Morgan fingerprint density at radius 2 is 0.946 bits per heavy atom. The Balaban J connectivity index is 1.45. The normalized spacial score (nSPS) is 11.4. The molecule has 0 saturated carbocycles. The molecule has 6 aromatic carbocycles. The number of hydrogen-bond acceptors (Lipinski definition) is 1. The van der Waals surface area contributed by atoms with Gasteiger partial charge in [0.25, 0.3) is 0 Å². The molecule has 6 rings (SSSR count). The Hall–Kier alpha value is -4.88. The predicted molar refractivity (Wildman–Crippen MR) is 158 cm³/mol.